The molecule has 2 nitrogen and oxygen atoms in total. The highest BCUT2D eigenvalue weighted by atomic mass is 32.1. The number of benzene rings is 8. The first-order valence-corrected chi connectivity index (χ1v) is 27.3. The lowest BCUT2D eigenvalue weighted by molar-refractivity contribution is 0.332. The molecular weight excluding hydrogens is 888 g/mol. The summed E-state index contributed by atoms with van der Waals surface area (Å²) in [5.74, 6) is 0. The van der Waals surface area contributed by atoms with Crippen molar-refractivity contribution in [2.24, 2.45) is 0 Å². The number of anilines is 5. The third kappa shape index (κ3) is 7.65. The smallest absolute Gasteiger partial charge is 0.211 e. The normalized spacial score (nSPS) is 16.9. The molecule has 0 spiro atoms. The number of aryl methyl sites for hydroxylation is 4. The highest BCUT2D eigenvalue weighted by Gasteiger charge is 2.42. The molecule has 0 radical (unpaired) electrons. The van der Waals surface area contributed by atoms with Crippen molar-refractivity contribution in [3.8, 4) is 33.4 Å². The first-order chi connectivity index (χ1) is 34.3. The fraction of sp³-hybridized carbons (Fsp3) is 0.294. The molecule has 0 amide bonds. The van der Waals surface area contributed by atoms with Crippen LogP contribution in [0.4, 0.5) is 28.4 Å². The van der Waals surface area contributed by atoms with Gasteiger partial charge in [0.25, 0.3) is 0 Å². The Hall–Kier alpha value is -6.36. The van der Waals surface area contributed by atoms with Crippen molar-refractivity contribution >= 4 is 78.2 Å². The number of nitrogens with zero attached hydrogens (tertiary/aromatic N) is 1. The lowest BCUT2D eigenvalue weighted by Crippen LogP contribution is -2.40. The molecule has 1 aromatic heterocycles. The topological polar surface area (TPSA) is 15.3 Å². The van der Waals surface area contributed by atoms with Crippen molar-refractivity contribution in [3.63, 3.8) is 0 Å². The Balaban J connectivity index is 1.17. The molecule has 0 saturated carbocycles. The summed E-state index contributed by atoms with van der Waals surface area (Å²) in [6.07, 6.45) is 4.75. The van der Waals surface area contributed by atoms with Crippen LogP contribution in [-0.4, -0.2) is 7.28 Å². The second-order valence-electron chi connectivity index (χ2n) is 24.6. The molecule has 4 heteroatoms. The van der Waals surface area contributed by atoms with E-state index in [9.17, 15) is 0 Å². The molecule has 8 aromatic carbocycles. The van der Waals surface area contributed by atoms with Crippen LogP contribution in [0.1, 0.15) is 126 Å². The summed E-state index contributed by atoms with van der Waals surface area (Å²) >= 11 is 2.03. The van der Waals surface area contributed by atoms with Crippen molar-refractivity contribution < 1.29 is 0 Å². The molecule has 0 fully saturated rings. The Labute approximate surface area is 433 Å². The first-order valence-electron chi connectivity index (χ1n) is 26.5. The van der Waals surface area contributed by atoms with Gasteiger partial charge in [-0.3, -0.25) is 0 Å². The standard InChI is InChI=1S/C68H69BN2S/c1-40-30-42(3)61(43(4)31-40)48-34-51(50-33-46-20-16-17-21-47(46)35-57(50)70-49-24-22-45(23-25-49)44-18-14-13-15-19-44)62-59(36-48)71(58-38-55-53(32-41(58)2)65(5,6)26-28-67(55,9)10)63-52-37-54-56(39-60(52)72-64(63)69-62)68(11,12)29-27-66(54,7)8/h13-25,30-39,69-70H,26-29H2,1-12H3. The van der Waals surface area contributed by atoms with E-state index in [0.29, 0.717) is 0 Å². The minimum Gasteiger partial charge on any atom is -0.355 e. The monoisotopic (exact) mass is 957 g/mol. The van der Waals surface area contributed by atoms with Gasteiger partial charge in [-0.2, -0.15) is 0 Å². The quantitative estimate of drug-likeness (QED) is 0.167. The molecule has 3 aliphatic rings. The summed E-state index contributed by atoms with van der Waals surface area (Å²) in [5, 5.41) is 7.87. The lowest BCUT2D eigenvalue weighted by Gasteiger charge is -2.44. The van der Waals surface area contributed by atoms with E-state index in [2.05, 4.69) is 233 Å². The summed E-state index contributed by atoms with van der Waals surface area (Å²) in [6, 6.07) is 53.7. The molecule has 1 aliphatic heterocycles. The van der Waals surface area contributed by atoms with E-state index in [4.69, 9.17) is 0 Å². The van der Waals surface area contributed by atoms with Gasteiger partial charge >= 0.3 is 0 Å². The van der Waals surface area contributed by atoms with Crippen molar-refractivity contribution in [2.75, 3.05) is 10.2 Å². The molecular formula is C68H69BN2S. The van der Waals surface area contributed by atoms with E-state index in [1.54, 1.807) is 0 Å². The van der Waals surface area contributed by atoms with Gasteiger partial charge in [0.05, 0.1) is 5.69 Å². The second-order valence-corrected chi connectivity index (χ2v) is 25.7. The highest BCUT2D eigenvalue weighted by molar-refractivity contribution is 7.29. The molecule has 360 valence electrons. The van der Waals surface area contributed by atoms with Gasteiger partial charge in [0.15, 0.2) is 0 Å². The summed E-state index contributed by atoms with van der Waals surface area (Å²) in [6.45, 7) is 29.0. The summed E-state index contributed by atoms with van der Waals surface area (Å²) < 4.78 is 2.84. The van der Waals surface area contributed by atoms with Crippen LogP contribution in [0.15, 0.2) is 140 Å². The lowest BCUT2D eigenvalue weighted by atomic mass is 9.60. The summed E-state index contributed by atoms with van der Waals surface area (Å²) in [7, 11) is 0.847. The van der Waals surface area contributed by atoms with Gasteiger partial charge in [-0.15, -0.1) is 11.3 Å². The predicted octanol–water partition coefficient (Wildman–Crippen LogP) is 17.9. The largest absolute Gasteiger partial charge is 0.355 e. The molecule has 2 heterocycles. The Morgan fingerprint density at radius 3 is 1.68 bits per heavy atom. The van der Waals surface area contributed by atoms with Crippen LogP contribution in [0, 0.1) is 27.7 Å². The fourth-order valence-corrected chi connectivity index (χ4v) is 14.4. The fourth-order valence-electron chi connectivity index (χ4n) is 13.2. The number of hydrogen-bond acceptors (Lipinski definition) is 3. The van der Waals surface area contributed by atoms with Gasteiger partial charge < -0.3 is 10.2 Å². The third-order valence-electron chi connectivity index (χ3n) is 17.6. The van der Waals surface area contributed by atoms with Gasteiger partial charge in [-0.1, -0.05) is 146 Å². The number of hydrogen-bond donors (Lipinski definition) is 1. The molecule has 0 bridgehead atoms. The van der Waals surface area contributed by atoms with E-state index in [1.165, 1.54) is 152 Å². The molecule has 0 saturated heterocycles. The van der Waals surface area contributed by atoms with Gasteiger partial charge in [0.2, 0.25) is 7.28 Å². The van der Waals surface area contributed by atoms with Crippen molar-refractivity contribution in [2.45, 2.75) is 130 Å². The van der Waals surface area contributed by atoms with Crippen LogP contribution in [0.5, 0.6) is 0 Å². The maximum atomic E-state index is 4.02. The zero-order chi connectivity index (χ0) is 50.2. The molecule has 12 rings (SSSR count). The molecule has 0 unspecified atom stereocenters. The highest BCUT2D eigenvalue weighted by Crippen LogP contribution is 2.54. The average Bonchev–Trinajstić information content (AvgIpc) is 3.70. The van der Waals surface area contributed by atoms with Crippen LogP contribution >= 0.6 is 11.3 Å². The van der Waals surface area contributed by atoms with Crippen LogP contribution < -0.4 is 20.5 Å². The Morgan fingerprint density at radius 1 is 0.486 bits per heavy atom. The van der Waals surface area contributed by atoms with E-state index in [1.807, 2.05) is 11.3 Å². The number of nitrogens with one attached hydrogen (secondary N) is 1. The van der Waals surface area contributed by atoms with Gasteiger partial charge in [0.1, 0.15) is 0 Å². The zero-order valence-electron chi connectivity index (χ0n) is 44.7. The van der Waals surface area contributed by atoms with E-state index in [0.717, 1.165) is 18.7 Å². The van der Waals surface area contributed by atoms with Gasteiger partial charge in [0, 0.05) is 38.4 Å². The molecule has 72 heavy (non-hydrogen) atoms. The Bertz CT molecular complexity index is 3660. The Morgan fingerprint density at radius 2 is 1.04 bits per heavy atom. The number of fused-ring (bicyclic) bond motifs is 7. The number of thiophene rings is 1. The average molecular weight is 957 g/mol. The summed E-state index contributed by atoms with van der Waals surface area (Å²) in [5.41, 5.74) is 26.7. The van der Waals surface area contributed by atoms with Crippen LogP contribution in [0.25, 0.3) is 54.2 Å². The molecule has 9 aromatic rings. The van der Waals surface area contributed by atoms with Gasteiger partial charge in [-0.25, -0.2) is 0 Å². The molecule has 2 aliphatic carbocycles. The maximum Gasteiger partial charge on any atom is 0.211 e. The van der Waals surface area contributed by atoms with Crippen LogP contribution in [0.2, 0.25) is 0 Å². The van der Waals surface area contributed by atoms with Crippen molar-refractivity contribution in [1.29, 1.82) is 0 Å². The SMILES string of the molecule is Cc1cc(C)c(-c2cc(-c3cc4ccccc4cc3Nc3ccc(-c4ccccc4)cc3)c3c(c2)N(c2cc4c(cc2C)C(C)(C)CCC4(C)C)c2c(sc4cc5c(cc24)C(C)(C)CCC5(C)C)B3)c(C)c1. The minimum atomic E-state index is 0.0498. The van der Waals surface area contributed by atoms with Gasteiger partial charge in [-0.05, 0) is 217 Å². The second kappa shape index (κ2) is 16.6. The maximum absolute atomic E-state index is 4.02. The van der Waals surface area contributed by atoms with Crippen molar-refractivity contribution in [3.05, 3.63) is 184 Å². The summed E-state index contributed by atoms with van der Waals surface area (Å²) in [4.78, 5) is 2.76. The van der Waals surface area contributed by atoms with Crippen molar-refractivity contribution in [1.82, 2.24) is 0 Å². The van der Waals surface area contributed by atoms with Crippen LogP contribution in [0.3, 0.4) is 0 Å². The van der Waals surface area contributed by atoms with Crippen LogP contribution in [-0.2, 0) is 21.7 Å². The number of rotatable bonds is 6. The van der Waals surface area contributed by atoms with E-state index >= 15 is 0 Å². The third-order valence-corrected chi connectivity index (χ3v) is 18.7. The zero-order valence-corrected chi connectivity index (χ0v) is 45.5. The predicted molar refractivity (Wildman–Crippen MR) is 316 cm³/mol. The molecule has 1 N–H and O–H groups in total. The minimum absolute atomic E-state index is 0.0498. The molecule has 0 atom stereocenters. The Kier molecular flexibility index (Phi) is 10.8. The van der Waals surface area contributed by atoms with E-state index in [-0.39, 0.29) is 21.7 Å². The van der Waals surface area contributed by atoms with E-state index < -0.39 is 0 Å². The first kappa shape index (κ1) is 46.7.